The van der Waals surface area contributed by atoms with Crippen molar-refractivity contribution in [1.29, 1.82) is 0 Å². The normalized spacial score (nSPS) is 21.1. The molecule has 2 unspecified atom stereocenters. The first-order valence-corrected chi connectivity index (χ1v) is 8.90. The van der Waals surface area contributed by atoms with Crippen LogP contribution < -0.4 is 5.32 Å². The molecule has 1 fully saturated rings. The number of fused-ring (bicyclic) bond motifs is 1. The molecule has 0 radical (unpaired) electrons. The van der Waals surface area contributed by atoms with Crippen molar-refractivity contribution >= 4 is 33.3 Å². The molecular formula is C18H21NO3S. The van der Waals surface area contributed by atoms with Crippen LogP contribution in [0.4, 0.5) is 0 Å². The van der Waals surface area contributed by atoms with Gasteiger partial charge in [0.25, 0.3) is 5.91 Å². The number of thiophene rings is 1. The maximum absolute atomic E-state index is 12.1. The van der Waals surface area contributed by atoms with Crippen molar-refractivity contribution in [3.63, 3.8) is 0 Å². The average molecular weight is 331 g/mol. The summed E-state index contributed by atoms with van der Waals surface area (Å²) in [6, 6.07) is 9.81. The summed E-state index contributed by atoms with van der Waals surface area (Å²) in [6.45, 7) is 1.95. The van der Waals surface area contributed by atoms with E-state index in [1.807, 2.05) is 30.3 Å². The van der Waals surface area contributed by atoms with Gasteiger partial charge < -0.3 is 10.1 Å². The predicted molar refractivity (Wildman–Crippen MR) is 91.7 cm³/mol. The third kappa shape index (κ3) is 3.91. The Hall–Kier alpha value is -1.88. The fourth-order valence-corrected chi connectivity index (χ4v) is 4.02. The van der Waals surface area contributed by atoms with Crippen LogP contribution in [0.5, 0.6) is 0 Å². The number of nitrogens with one attached hydrogen (secondary N) is 1. The second-order valence-electron chi connectivity index (χ2n) is 6.16. The van der Waals surface area contributed by atoms with Crippen LogP contribution in [-0.2, 0) is 9.53 Å². The first kappa shape index (κ1) is 16.0. The lowest BCUT2D eigenvalue weighted by Gasteiger charge is -2.29. The monoisotopic (exact) mass is 331 g/mol. The van der Waals surface area contributed by atoms with Gasteiger partial charge in [-0.05, 0) is 36.3 Å². The van der Waals surface area contributed by atoms with Crippen LogP contribution in [0.2, 0.25) is 0 Å². The Kier molecular flexibility index (Phi) is 4.96. The molecule has 1 heterocycles. The van der Waals surface area contributed by atoms with Crippen LogP contribution in [0.1, 0.15) is 42.3 Å². The Labute approximate surface area is 139 Å². The number of esters is 1. The molecule has 1 N–H and O–H groups in total. The molecule has 1 amide bonds. The molecule has 4 nitrogen and oxygen atoms in total. The molecule has 0 bridgehead atoms. The molecule has 3 rings (SSSR count). The quantitative estimate of drug-likeness (QED) is 0.868. The third-order valence-electron chi connectivity index (χ3n) is 4.42. The number of rotatable bonds is 4. The lowest BCUT2D eigenvalue weighted by Crippen LogP contribution is -2.42. The lowest BCUT2D eigenvalue weighted by molar-refractivity contribution is -0.125. The molecule has 1 aliphatic rings. The summed E-state index contributed by atoms with van der Waals surface area (Å²) < 4.78 is 6.20. The van der Waals surface area contributed by atoms with Crippen molar-refractivity contribution in [2.24, 2.45) is 5.92 Å². The minimum Gasteiger partial charge on any atom is -0.451 e. The summed E-state index contributed by atoms with van der Waals surface area (Å²) in [4.78, 5) is 24.6. The number of hydrogen-bond acceptors (Lipinski definition) is 4. The number of amides is 1. The van der Waals surface area contributed by atoms with Crippen LogP contribution in [0.25, 0.3) is 10.1 Å². The van der Waals surface area contributed by atoms with Crippen molar-refractivity contribution in [3.8, 4) is 0 Å². The highest BCUT2D eigenvalue weighted by atomic mass is 32.1. The Morgan fingerprint density at radius 3 is 2.83 bits per heavy atom. The average Bonchev–Trinajstić information content (AvgIpc) is 2.99. The van der Waals surface area contributed by atoms with E-state index in [4.69, 9.17) is 4.74 Å². The molecule has 2 atom stereocenters. The maximum atomic E-state index is 12.1. The van der Waals surface area contributed by atoms with E-state index in [9.17, 15) is 9.59 Å². The van der Waals surface area contributed by atoms with Crippen molar-refractivity contribution in [3.05, 3.63) is 35.2 Å². The van der Waals surface area contributed by atoms with Gasteiger partial charge in [-0.3, -0.25) is 4.79 Å². The molecule has 0 aliphatic heterocycles. The largest absolute Gasteiger partial charge is 0.451 e. The van der Waals surface area contributed by atoms with Crippen molar-refractivity contribution in [2.75, 3.05) is 6.61 Å². The zero-order chi connectivity index (χ0) is 16.2. The van der Waals surface area contributed by atoms with Gasteiger partial charge in [0, 0.05) is 10.7 Å². The van der Waals surface area contributed by atoms with Gasteiger partial charge in [0.05, 0.1) is 0 Å². The minimum atomic E-state index is -0.432. The van der Waals surface area contributed by atoms with Gasteiger partial charge in [0.2, 0.25) is 0 Å². The van der Waals surface area contributed by atoms with Gasteiger partial charge in [0.15, 0.2) is 6.61 Å². The van der Waals surface area contributed by atoms with E-state index in [0.29, 0.717) is 10.8 Å². The summed E-state index contributed by atoms with van der Waals surface area (Å²) in [6.07, 6.45) is 4.54. The zero-order valence-electron chi connectivity index (χ0n) is 13.2. The third-order valence-corrected chi connectivity index (χ3v) is 5.52. The second-order valence-corrected chi connectivity index (χ2v) is 7.24. The molecular weight excluding hydrogens is 310 g/mol. The first-order valence-electron chi connectivity index (χ1n) is 8.08. The lowest BCUT2D eigenvalue weighted by atomic mass is 9.86. The molecule has 2 aromatic rings. The summed E-state index contributed by atoms with van der Waals surface area (Å²) >= 11 is 1.39. The van der Waals surface area contributed by atoms with E-state index in [2.05, 4.69) is 12.2 Å². The molecule has 5 heteroatoms. The number of carbonyl (C=O) groups is 2. The van der Waals surface area contributed by atoms with Crippen LogP contribution >= 0.6 is 11.3 Å². The van der Waals surface area contributed by atoms with Crippen molar-refractivity contribution < 1.29 is 14.3 Å². The fraction of sp³-hybridized carbons (Fsp3) is 0.444. The van der Waals surface area contributed by atoms with Gasteiger partial charge in [-0.1, -0.05) is 38.0 Å². The van der Waals surface area contributed by atoms with Crippen molar-refractivity contribution in [1.82, 2.24) is 5.32 Å². The molecule has 0 spiro atoms. The highest BCUT2D eigenvalue weighted by Gasteiger charge is 2.23. The Morgan fingerprint density at radius 1 is 1.26 bits per heavy atom. The molecule has 0 saturated heterocycles. The van der Waals surface area contributed by atoms with E-state index in [1.165, 1.54) is 17.8 Å². The smallest absolute Gasteiger partial charge is 0.348 e. The van der Waals surface area contributed by atoms with Gasteiger partial charge in [-0.15, -0.1) is 11.3 Å². The Morgan fingerprint density at radius 2 is 2.04 bits per heavy atom. The SMILES string of the molecule is CC1CCCCC1NC(=O)COC(=O)c1cc2ccccc2s1. The number of ether oxygens (including phenoxy) is 1. The van der Waals surface area contributed by atoms with E-state index in [-0.39, 0.29) is 18.6 Å². The Bertz CT molecular complexity index is 676. The second kappa shape index (κ2) is 7.13. The minimum absolute atomic E-state index is 0.208. The molecule has 23 heavy (non-hydrogen) atoms. The number of hydrogen-bond donors (Lipinski definition) is 1. The highest BCUT2D eigenvalue weighted by Crippen LogP contribution is 2.26. The van der Waals surface area contributed by atoms with Gasteiger partial charge in [0.1, 0.15) is 4.88 Å². The van der Waals surface area contributed by atoms with Crippen molar-refractivity contribution in [2.45, 2.75) is 38.6 Å². The fourth-order valence-electron chi connectivity index (χ4n) is 3.06. The van der Waals surface area contributed by atoms with Crippen LogP contribution in [0, 0.1) is 5.92 Å². The molecule has 1 aromatic heterocycles. The van der Waals surface area contributed by atoms with E-state index in [1.54, 1.807) is 0 Å². The van der Waals surface area contributed by atoms with Gasteiger partial charge in [-0.2, -0.15) is 0 Å². The van der Waals surface area contributed by atoms with Crippen LogP contribution in [0.3, 0.4) is 0 Å². The maximum Gasteiger partial charge on any atom is 0.348 e. The summed E-state index contributed by atoms with van der Waals surface area (Å²) in [5, 5.41) is 4.01. The summed E-state index contributed by atoms with van der Waals surface area (Å²) in [5.74, 6) is -0.151. The van der Waals surface area contributed by atoms with Gasteiger partial charge >= 0.3 is 5.97 Å². The topological polar surface area (TPSA) is 55.4 Å². The van der Waals surface area contributed by atoms with E-state index >= 15 is 0 Å². The van der Waals surface area contributed by atoms with E-state index in [0.717, 1.165) is 29.3 Å². The molecule has 1 aromatic carbocycles. The van der Waals surface area contributed by atoms with Crippen LogP contribution in [0.15, 0.2) is 30.3 Å². The van der Waals surface area contributed by atoms with Crippen LogP contribution in [-0.4, -0.2) is 24.5 Å². The molecule has 1 saturated carbocycles. The standard InChI is InChI=1S/C18H21NO3S/c1-12-6-2-4-8-14(12)19-17(20)11-22-18(21)16-10-13-7-3-5-9-15(13)23-16/h3,5,7,9-10,12,14H,2,4,6,8,11H2,1H3,(H,19,20). The molecule has 122 valence electrons. The van der Waals surface area contributed by atoms with Gasteiger partial charge in [-0.25, -0.2) is 4.79 Å². The first-order chi connectivity index (χ1) is 11.1. The Balaban J connectivity index is 1.52. The number of benzene rings is 1. The zero-order valence-corrected chi connectivity index (χ0v) is 14.0. The highest BCUT2D eigenvalue weighted by molar-refractivity contribution is 7.20. The summed E-state index contributed by atoms with van der Waals surface area (Å²) in [5.41, 5.74) is 0. The van der Waals surface area contributed by atoms with E-state index < -0.39 is 5.97 Å². The molecule has 1 aliphatic carbocycles. The predicted octanol–water partition coefficient (Wildman–Crippen LogP) is 3.75. The summed E-state index contributed by atoms with van der Waals surface area (Å²) in [7, 11) is 0. The number of carbonyl (C=O) groups excluding carboxylic acids is 2.